The third kappa shape index (κ3) is 2.90. The summed E-state index contributed by atoms with van der Waals surface area (Å²) >= 11 is 7.43. The predicted octanol–water partition coefficient (Wildman–Crippen LogP) is 0.865. The van der Waals surface area contributed by atoms with Crippen molar-refractivity contribution in [1.29, 1.82) is 0 Å². The molecule has 1 unspecified atom stereocenters. The van der Waals surface area contributed by atoms with Crippen molar-refractivity contribution in [2.45, 2.75) is 26.0 Å². The number of aromatic nitrogens is 3. The average Bonchev–Trinajstić information content (AvgIpc) is 2.77. The van der Waals surface area contributed by atoms with Crippen LogP contribution in [0, 0.1) is 0 Å². The summed E-state index contributed by atoms with van der Waals surface area (Å²) in [5, 5.41) is 12.4. The molecule has 9 heteroatoms. The average molecular weight is 383 g/mol. The number of aliphatic hydroxyl groups is 1. The number of hydrogen-bond donors (Lipinski definition) is 2. The molecule has 0 amide bonds. The van der Waals surface area contributed by atoms with Crippen LogP contribution in [-0.2, 0) is 12.1 Å². The fourth-order valence-electron chi connectivity index (χ4n) is 2.14. The van der Waals surface area contributed by atoms with Crippen molar-refractivity contribution in [2.75, 3.05) is 10.4 Å². The van der Waals surface area contributed by atoms with E-state index < -0.39 is 5.60 Å². The molecule has 22 heavy (non-hydrogen) atoms. The van der Waals surface area contributed by atoms with E-state index in [-0.39, 0.29) is 0 Å². The monoisotopic (exact) mass is 382 g/mol. The second kappa shape index (κ2) is 5.66. The number of halogens is 1. The van der Waals surface area contributed by atoms with E-state index in [0.717, 1.165) is 5.69 Å². The van der Waals surface area contributed by atoms with Gasteiger partial charge in [-0.2, -0.15) is 0 Å². The Morgan fingerprint density at radius 2 is 2.14 bits per heavy atom. The van der Waals surface area contributed by atoms with Gasteiger partial charge in [-0.05, 0) is 0 Å². The van der Waals surface area contributed by atoms with E-state index in [4.69, 9.17) is 11.6 Å². The molecule has 2 aromatic heterocycles. The molecule has 0 radical (unpaired) electrons. The Kier molecular flexibility index (Phi) is 3.99. The summed E-state index contributed by atoms with van der Waals surface area (Å²) in [7, 11) is 0. The molecule has 0 aromatic carbocycles. The molecule has 1 aliphatic rings. The molecule has 0 spiro atoms. The molecule has 0 saturated carbocycles. The third-order valence-electron chi connectivity index (χ3n) is 3.26. The molecule has 1 atom stereocenters. The number of nitrogens with one attached hydrogen (secondary N) is 1. The fraction of sp³-hybridized carbons (Fsp3) is 0.308. The van der Waals surface area contributed by atoms with Gasteiger partial charge in [0.25, 0.3) is 0 Å². The van der Waals surface area contributed by atoms with Crippen LogP contribution in [0.4, 0.5) is 11.5 Å². The van der Waals surface area contributed by atoms with Crippen LogP contribution in [0.1, 0.15) is 25.2 Å². The first kappa shape index (κ1) is 15.5. The molecular weight excluding hydrogens is 367 g/mol. The van der Waals surface area contributed by atoms with Gasteiger partial charge in [0.2, 0.25) is 0 Å². The van der Waals surface area contributed by atoms with E-state index in [9.17, 15) is 5.11 Å². The number of fused-ring (bicyclic) bond motifs is 1. The van der Waals surface area contributed by atoms with Gasteiger partial charge in [-0.3, -0.25) is 0 Å². The van der Waals surface area contributed by atoms with Gasteiger partial charge in [-0.1, -0.05) is 0 Å². The van der Waals surface area contributed by atoms with Gasteiger partial charge in [0.05, 0.1) is 0 Å². The maximum absolute atomic E-state index is 10.1. The molecule has 7 nitrogen and oxygen atoms in total. The molecule has 0 saturated heterocycles. The van der Waals surface area contributed by atoms with E-state index in [2.05, 4.69) is 20.4 Å². The van der Waals surface area contributed by atoms with Gasteiger partial charge in [0.15, 0.2) is 0 Å². The summed E-state index contributed by atoms with van der Waals surface area (Å²) < 4.78 is 1.84. The van der Waals surface area contributed by atoms with Crippen molar-refractivity contribution >= 4 is 40.2 Å². The molecule has 116 valence electrons. The molecule has 3 rings (SSSR count). The van der Waals surface area contributed by atoms with Gasteiger partial charge in [0.1, 0.15) is 0 Å². The van der Waals surface area contributed by atoms with E-state index in [1.54, 1.807) is 13.8 Å². The second-order valence-electron chi connectivity index (χ2n) is 5.45. The van der Waals surface area contributed by atoms with E-state index in [1.165, 1.54) is 23.4 Å². The first-order valence-corrected chi connectivity index (χ1v) is 8.10. The number of hydrazine groups is 2. The van der Waals surface area contributed by atoms with E-state index in [1.807, 2.05) is 27.2 Å². The second-order valence-corrected chi connectivity index (χ2v) is 6.83. The first-order chi connectivity index (χ1) is 10.4. The van der Waals surface area contributed by atoms with Crippen molar-refractivity contribution in [3.8, 4) is 0 Å². The van der Waals surface area contributed by atoms with Crippen LogP contribution in [0.2, 0.25) is 5.15 Å². The van der Waals surface area contributed by atoms with Crippen molar-refractivity contribution in [2.24, 2.45) is 0 Å². The normalized spacial score (nSPS) is 14.9. The van der Waals surface area contributed by atoms with Crippen LogP contribution in [0.15, 0.2) is 24.5 Å². The number of hydrogen-bond acceptors (Lipinski definition) is 7. The minimum absolute atomic E-state index is 0.383. The summed E-state index contributed by atoms with van der Waals surface area (Å²) in [5.41, 5.74) is 4.30. The molecule has 0 bridgehead atoms. The standard InChI is InChI=1S/C13H16AsClN6O/c1-13(2,22)9-5-3-4-8(18-9)6-20-12-10(19-21(20)14)11(15)16-7-17-12/h3-5,7,19,22H,6,14H2,1-2H3. The van der Waals surface area contributed by atoms with Crippen LogP contribution in [0.25, 0.3) is 0 Å². The van der Waals surface area contributed by atoms with Crippen LogP contribution in [-0.4, -0.2) is 41.2 Å². The number of rotatable bonds is 3. The Balaban J connectivity index is 1.90. The molecule has 1 aliphatic heterocycles. The molecule has 3 heterocycles. The van der Waals surface area contributed by atoms with Crippen molar-refractivity contribution in [3.63, 3.8) is 0 Å². The third-order valence-corrected chi connectivity index (χ3v) is 4.40. The van der Waals surface area contributed by atoms with Crippen LogP contribution in [0.5, 0.6) is 0 Å². The predicted molar refractivity (Wildman–Crippen MR) is 86.7 cm³/mol. The van der Waals surface area contributed by atoms with Crippen LogP contribution >= 0.6 is 11.6 Å². The van der Waals surface area contributed by atoms with Gasteiger partial charge >= 0.3 is 142 Å². The fourth-order valence-corrected chi connectivity index (χ4v) is 2.98. The van der Waals surface area contributed by atoms with Crippen molar-refractivity contribution in [1.82, 2.24) is 19.0 Å². The van der Waals surface area contributed by atoms with E-state index in [0.29, 0.717) is 28.9 Å². The molecule has 0 fully saturated rings. The van der Waals surface area contributed by atoms with E-state index >= 15 is 0 Å². The number of nitrogens with zero attached hydrogens (tertiary/aromatic N) is 5. The first-order valence-electron chi connectivity index (χ1n) is 6.64. The summed E-state index contributed by atoms with van der Waals surface area (Å²) in [5.74, 6) is 0.708. The van der Waals surface area contributed by atoms with Crippen LogP contribution < -0.4 is 10.4 Å². The quantitative estimate of drug-likeness (QED) is 0.602. The minimum atomic E-state index is -0.974. The molecular formula is C13H16AsClN6O. The molecule has 2 aromatic rings. The van der Waals surface area contributed by atoms with Gasteiger partial charge in [-0.25, -0.2) is 0 Å². The Bertz CT molecular complexity index is 707. The van der Waals surface area contributed by atoms with Gasteiger partial charge in [0, 0.05) is 0 Å². The Labute approximate surface area is 142 Å². The van der Waals surface area contributed by atoms with Gasteiger partial charge in [-0.15, -0.1) is 0 Å². The molecule has 2 N–H and O–H groups in total. The SMILES string of the molecule is CC(C)(O)c1cccc(CN2c3ncnc(Cl)c3NN2[AsH2])n1. The zero-order valence-electron chi connectivity index (χ0n) is 12.2. The summed E-state index contributed by atoms with van der Waals surface area (Å²) in [6.45, 7) is 3.94. The maximum atomic E-state index is 10.1. The summed E-state index contributed by atoms with van der Waals surface area (Å²) in [6.07, 6.45) is 1.43. The topological polar surface area (TPSA) is 77.4 Å². The Morgan fingerprint density at radius 1 is 1.36 bits per heavy atom. The number of anilines is 2. The van der Waals surface area contributed by atoms with Gasteiger partial charge < -0.3 is 0 Å². The summed E-state index contributed by atoms with van der Waals surface area (Å²) in [6, 6.07) is 5.61. The van der Waals surface area contributed by atoms with Crippen molar-refractivity contribution in [3.05, 3.63) is 41.1 Å². The molecule has 0 aliphatic carbocycles. The van der Waals surface area contributed by atoms with Crippen LogP contribution in [0.3, 0.4) is 0 Å². The summed E-state index contributed by atoms with van der Waals surface area (Å²) in [4.78, 5) is 12.8. The zero-order chi connectivity index (χ0) is 15.9. The number of pyridine rings is 1. The Hall–Kier alpha value is -1.40. The zero-order valence-corrected chi connectivity index (χ0v) is 15.3. The van der Waals surface area contributed by atoms with Crippen molar-refractivity contribution < 1.29 is 5.11 Å². The Morgan fingerprint density at radius 3 is 2.86 bits per heavy atom.